The summed E-state index contributed by atoms with van der Waals surface area (Å²) in [5.74, 6) is -2.72. The molecule has 0 radical (unpaired) electrons. The number of hydrogen-bond donors (Lipinski definition) is 1. The van der Waals surface area contributed by atoms with Crippen LogP contribution in [0.1, 0.15) is 22.7 Å². The number of ether oxygens (including phenoxy) is 1. The Balaban J connectivity index is 1.61. The van der Waals surface area contributed by atoms with E-state index in [-0.39, 0.29) is 24.8 Å². The summed E-state index contributed by atoms with van der Waals surface area (Å²) in [5, 5.41) is 3.42. The molecule has 34 heavy (non-hydrogen) atoms. The van der Waals surface area contributed by atoms with E-state index >= 15 is 0 Å². The van der Waals surface area contributed by atoms with E-state index in [0.29, 0.717) is 0 Å². The number of nitrogens with zero attached hydrogens (tertiary/aromatic N) is 1. The molecule has 2 aliphatic heterocycles. The number of fused-ring (bicyclic) bond motifs is 1. The molecule has 5 rings (SSSR count). The predicted octanol–water partition coefficient (Wildman–Crippen LogP) is 3.29. The number of methoxy groups -OCH3 is 1. The SMILES string of the molecule is COC(=O)[C@@]1(Cc2ccccc2)N[C@@H](c2ccccc2)[C@@H]2C(=O)N(Cc3ccccc3)C(=O)[C@@H]21. The lowest BCUT2D eigenvalue weighted by atomic mass is 9.76. The van der Waals surface area contributed by atoms with Crippen molar-refractivity contribution >= 4 is 17.8 Å². The van der Waals surface area contributed by atoms with Crippen LogP contribution in [0.25, 0.3) is 0 Å². The van der Waals surface area contributed by atoms with Gasteiger partial charge < -0.3 is 4.74 Å². The fourth-order valence-corrected chi connectivity index (χ4v) is 5.45. The van der Waals surface area contributed by atoms with E-state index in [4.69, 9.17) is 4.74 Å². The maximum absolute atomic E-state index is 13.9. The van der Waals surface area contributed by atoms with Crippen LogP contribution in [-0.2, 0) is 32.1 Å². The van der Waals surface area contributed by atoms with Crippen LogP contribution in [0.2, 0.25) is 0 Å². The number of nitrogens with one attached hydrogen (secondary N) is 1. The summed E-state index contributed by atoms with van der Waals surface area (Å²) in [4.78, 5) is 42.3. The maximum Gasteiger partial charge on any atom is 0.327 e. The molecule has 0 saturated carbocycles. The predicted molar refractivity (Wildman–Crippen MR) is 126 cm³/mol. The third-order valence-corrected chi connectivity index (χ3v) is 6.96. The van der Waals surface area contributed by atoms with E-state index in [0.717, 1.165) is 16.7 Å². The van der Waals surface area contributed by atoms with Crippen LogP contribution in [0, 0.1) is 11.8 Å². The van der Waals surface area contributed by atoms with E-state index in [1.807, 2.05) is 91.0 Å². The number of benzene rings is 3. The lowest BCUT2D eigenvalue weighted by Crippen LogP contribution is -2.57. The maximum atomic E-state index is 13.9. The standard InChI is InChI=1S/C28H26N2O4/c1-34-27(33)28(17-19-11-5-2-6-12-19)23-22(24(29-28)21-15-9-4-10-16-21)25(31)30(26(23)32)18-20-13-7-3-8-14-20/h2-16,22-24,29H,17-18H2,1H3/t22-,23-,24+,28+/m1/s1. The summed E-state index contributed by atoms with van der Waals surface area (Å²) < 4.78 is 5.26. The Morgan fingerprint density at radius 2 is 1.41 bits per heavy atom. The van der Waals surface area contributed by atoms with Crippen LogP contribution in [0.5, 0.6) is 0 Å². The Morgan fingerprint density at radius 3 is 2.00 bits per heavy atom. The average Bonchev–Trinajstić information content (AvgIpc) is 3.35. The largest absolute Gasteiger partial charge is 0.468 e. The van der Waals surface area contributed by atoms with E-state index in [9.17, 15) is 14.4 Å². The Kier molecular flexibility index (Phi) is 5.75. The van der Waals surface area contributed by atoms with E-state index in [1.54, 1.807) is 0 Å². The smallest absolute Gasteiger partial charge is 0.327 e. The Bertz CT molecular complexity index is 1200. The van der Waals surface area contributed by atoms with Crippen LogP contribution < -0.4 is 5.32 Å². The molecule has 0 bridgehead atoms. The Labute approximate surface area is 198 Å². The Morgan fingerprint density at radius 1 is 0.853 bits per heavy atom. The first kappa shape index (κ1) is 22.0. The van der Waals surface area contributed by atoms with Gasteiger partial charge in [-0.25, -0.2) is 0 Å². The molecule has 2 saturated heterocycles. The molecule has 1 N–H and O–H groups in total. The van der Waals surface area contributed by atoms with Gasteiger partial charge in [0.25, 0.3) is 0 Å². The van der Waals surface area contributed by atoms with Crippen molar-refractivity contribution in [3.63, 3.8) is 0 Å². The molecule has 0 unspecified atom stereocenters. The highest BCUT2D eigenvalue weighted by Crippen LogP contribution is 2.50. The van der Waals surface area contributed by atoms with Crippen molar-refractivity contribution in [3.05, 3.63) is 108 Å². The molecular weight excluding hydrogens is 428 g/mol. The van der Waals surface area contributed by atoms with Crippen molar-refractivity contribution in [2.75, 3.05) is 7.11 Å². The van der Waals surface area contributed by atoms with Crippen LogP contribution >= 0.6 is 0 Å². The molecule has 0 aromatic heterocycles. The number of carbonyl (C=O) groups is 3. The third kappa shape index (κ3) is 3.60. The average molecular weight is 455 g/mol. The van der Waals surface area contributed by atoms with Gasteiger partial charge in [0, 0.05) is 12.5 Å². The minimum absolute atomic E-state index is 0.176. The molecule has 6 nitrogen and oxygen atoms in total. The number of rotatable bonds is 6. The number of esters is 1. The van der Waals surface area contributed by atoms with E-state index in [1.165, 1.54) is 12.0 Å². The van der Waals surface area contributed by atoms with E-state index < -0.39 is 29.4 Å². The third-order valence-electron chi connectivity index (χ3n) is 6.96. The van der Waals surface area contributed by atoms with Gasteiger partial charge in [-0.15, -0.1) is 0 Å². The first-order chi connectivity index (χ1) is 16.5. The molecule has 3 aromatic carbocycles. The lowest BCUT2D eigenvalue weighted by Gasteiger charge is -2.32. The second kappa shape index (κ2) is 8.88. The highest BCUT2D eigenvalue weighted by molar-refractivity contribution is 6.09. The molecule has 2 heterocycles. The van der Waals surface area contributed by atoms with Crippen LogP contribution in [0.3, 0.4) is 0 Å². The number of imide groups is 1. The first-order valence-electron chi connectivity index (χ1n) is 11.4. The fraction of sp³-hybridized carbons (Fsp3) is 0.250. The molecule has 4 atom stereocenters. The van der Waals surface area contributed by atoms with Crippen molar-refractivity contribution in [2.24, 2.45) is 11.8 Å². The summed E-state index contributed by atoms with van der Waals surface area (Å²) in [5.41, 5.74) is 1.24. The molecule has 2 amide bonds. The molecule has 6 heteroatoms. The van der Waals surface area contributed by atoms with Crippen molar-refractivity contribution in [1.29, 1.82) is 0 Å². The van der Waals surface area contributed by atoms with Gasteiger partial charge in [-0.1, -0.05) is 91.0 Å². The van der Waals surface area contributed by atoms with Crippen molar-refractivity contribution < 1.29 is 19.1 Å². The highest BCUT2D eigenvalue weighted by atomic mass is 16.5. The van der Waals surface area contributed by atoms with Gasteiger partial charge in [0.2, 0.25) is 11.8 Å². The zero-order valence-electron chi connectivity index (χ0n) is 18.9. The van der Waals surface area contributed by atoms with Gasteiger partial charge in [-0.2, -0.15) is 0 Å². The van der Waals surface area contributed by atoms with Crippen molar-refractivity contribution in [3.8, 4) is 0 Å². The second-order valence-corrected chi connectivity index (χ2v) is 8.91. The van der Waals surface area contributed by atoms with Crippen LogP contribution in [-0.4, -0.2) is 35.3 Å². The fourth-order valence-electron chi connectivity index (χ4n) is 5.45. The van der Waals surface area contributed by atoms with Gasteiger partial charge in [-0.3, -0.25) is 24.6 Å². The summed E-state index contributed by atoms with van der Waals surface area (Å²) >= 11 is 0. The number of carbonyl (C=O) groups excluding carboxylic acids is 3. The molecule has 0 spiro atoms. The quantitative estimate of drug-likeness (QED) is 0.457. The van der Waals surface area contributed by atoms with Gasteiger partial charge in [0.15, 0.2) is 0 Å². The van der Waals surface area contributed by atoms with Gasteiger partial charge >= 0.3 is 5.97 Å². The molecule has 0 aliphatic carbocycles. The first-order valence-corrected chi connectivity index (χ1v) is 11.4. The topological polar surface area (TPSA) is 75.7 Å². The zero-order chi connectivity index (χ0) is 23.7. The number of likely N-dealkylation sites (tertiary alicyclic amines) is 1. The second-order valence-electron chi connectivity index (χ2n) is 8.91. The number of hydrogen-bond acceptors (Lipinski definition) is 5. The summed E-state index contributed by atoms with van der Waals surface area (Å²) in [6, 6.07) is 28.0. The van der Waals surface area contributed by atoms with Crippen molar-refractivity contribution in [2.45, 2.75) is 24.5 Å². The molecule has 3 aromatic rings. The van der Waals surface area contributed by atoms with Gasteiger partial charge in [-0.05, 0) is 16.7 Å². The lowest BCUT2D eigenvalue weighted by molar-refractivity contribution is -0.154. The normalized spacial score (nSPS) is 25.9. The summed E-state index contributed by atoms with van der Waals surface area (Å²) in [7, 11) is 1.32. The Hall–Kier alpha value is -3.77. The van der Waals surface area contributed by atoms with Crippen molar-refractivity contribution in [1.82, 2.24) is 10.2 Å². The van der Waals surface area contributed by atoms with Gasteiger partial charge in [0.1, 0.15) is 5.54 Å². The monoisotopic (exact) mass is 454 g/mol. The van der Waals surface area contributed by atoms with Crippen LogP contribution in [0.4, 0.5) is 0 Å². The molecule has 2 fully saturated rings. The van der Waals surface area contributed by atoms with Gasteiger partial charge in [0.05, 0.1) is 25.5 Å². The minimum Gasteiger partial charge on any atom is -0.468 e. The summed E-state index contributed by atoms with van der Waals surface area (Å²) in [6.07, 6.45) is 0.239. The number of amides is 2. The highest BCUT2D eigenvalue weighted by Gasteiger charge is 2.68. The molecule has 172 valence electrons. The minimum atomic E-state index is -1.36. The molecular formula is C28H26N2O4. The molecule has 2 aliphatic rings. The zero-order valence-corrected chi connectivity index (χ0v) is 18.9. The summed E-state index contributed by atoms with van der Waals surface area (Å²) in [6.45, 7) is 0.176. The van der Waals surface area contributed by atoms with E-state index in [2.05, 4.69) is 5.32 Å². The van der Waals surface area contributed by atoms with Crippen LogP contribution in [0.15, 0.2) is 91.0 Å².